The maximum absolute atomic E-state index is 12.7. The zero-order chi connectivity index (χ0) is 39.7. The zero-order valence-electron chi connectivity index (χ0n) is 33.3. The number of hydrogen-bond donors (Lipinski definition) is 4. The highest BCUT2D eigenvalue weighted by Gasteiger charge is 2.62. The summed E-state index contributed by atoms with van der Waals surface area (Å²) in [5.41, 5.74) is 3.01. The Balaban J connectivity index is 1.36. The number of benzene rings is 2. The molecule has 9 heteroatoms. The van der Waals surface area contributed by atoms with E-state index in [-0.39, 0.29) is 0 Å². The minimum Gasteiger partial charge on any atom is -0.489 e. The van der Waals surface area contributed by atoms with Crippen molar-refractivity contribution in [1.29, 1.82) is 0 Å². The van der Waals surface area contributed by atoms with Gasteiger partial charge in [0.05, 0.1) is 16.2 Å². The van der Waals surface area contributed by atoms with Crippen LogP contribution in [0.5, 0.6) is 5.75 Å². The van der Waals surface area contributed by atoms with Crippen molar-refractivity contribution in [2.24, 2.45) is 21.7 Å². The molecule has 0 saturated heterocycles. The summed E-state index contributed by atoms with van der Waals surface area (Å²) >= 11 is 0. The molecule has 2 aliphatic carbocycles. The second kappa shape index (κ2) is 18.2. The van der Waals surface area contributed by atoms with Crippen LogP contribution in [0.15, 0.2) is 36.4 Å². The van der Waals surface area contributed by atoms with Crippen molar-refractivity contribution >= 4 is 23.9 Å². The summed E-state index contributed by atoms with van der Waals surface area (Å²) in [6, 6.07) is 12.3. The molecule has 4 rings (SSSR count). The van der Waals surface area contributed by atoms with Crippen molar-refractivity contribution in [3.63, 3.8) is 0 Å². The van der Waals surface area contributed by atoms with Crippen LogP contribution in [0.2, 0.25) is 0 Å². The lowest BCUT2D eigenvalue weighted by Gasteiger charge is -2.20. The summed E-state index contributed by atoms with van der Waals surface area (Å²) in [6.07, 6.45) is 13.7. The van der Waals surface area contributed by atoms with Crippen molar-refractivity contribution in [3.8, 4) is 5.75 Å². The number of rotatable bonds is 26. The number of carbonyl (C=O) groups is 4. The Morgan fingerprint density at radius 2 is 1.15 bits per heavy atom. The maximum atomic E-state index is 12.7. The molecular formula is C45H64O9. The van der Waals surface area contributed by atoms with Gasteiger partial charge in [0.25, 0.3) is 0 Å². The van der Waals surface area contributed by atoms with Crippen molar-refractivity contribution in [2.45, 2.75) is 163 Å². The van der Waals surface area contributed by atoms with E-state index in [1.54, 1.807) is 27.7 Å². The van der Waals surface area contributed by atoms with Crippen molar-refractivity contribution in [3.05, 3.63) is 64.2 Å². The molecule has 0 spiro atoms. The Hall–Kier alpha value is -3.88. The summed E-state index contributed by atoms with van der Waals surface area (Å²) < 4.78 is 6.57. The number of aryl methyl sites for hydroxylation is 3. The normalized spacial score (nSPS) is 18.9. The fraction of sp³-hybridized carbons (Fsp3) is 0.644. The summed E-state index contributed by atoms with van der Waals surface area (Å²) in [4.78, 5) is 47.6. The monoisotopic (exact) mass is 748 g/mol. The van der Waals surface area contributed by atoms with E-state index in [0.717, 1.165) is 94.6 Å². The largest absolute Gasteiger partial charge is 0.489 e. The minimum absolute atomic E-state index is 0.426. The molecule has 9 nitrogen and oxygen atoms in total. The predicted molar refractivity (Wildman–Crippen MR) is 209 cm³/mol. The molecule has 0 bridgehead atoms. The highest BCUT2D eigenvalue weighted by Crippen LogP contribution is 2.53. The van der Waals surface area contributed by atoms with Crippen LogP contribution in [0.25, 0.3) is 0 Å². The average Bonchev–Trinajstić information content (AvgIpc) is 4.03. The van der Waals surface area contributed by atoms with E-state index in [4.69, 9.17) is 4.74 Å². The summed E-state index contributed by atoms with van der Waals surface area (Å²) in [6.45, 7) is 9.15. The Kier molecular flexibility index (Phi) is 14.4. The molecule has 2 atom stereocenters. The van der Waals surface area contributed by atoms with Gasteiger partial charge in [0.2, 0.25) is 0 Å². The van der Waals surface area contributed by atoms with Gasteiger partial charge in [-0.05, 0) is 158 Å². The van der Waals surface area contributed by atoms with Crippen LogP contribution in [0.3, 0.4) is 0 Å². The number of carboxylic acids is 4. The topological polar surface area (TPSA) is 158 Å². The van der Waals surface area contributed by atoms with Gasteiger partial charge in [-0.2, -0.15) is 0 Å². The molecule has 2 fully saturated rings. The average molecular weight is 749 g/mol. The Morgan fingerprint density at radius 1 is 0.648 bits per heavy atom. The lowest BCUT2D eigenvalue weighted by molar-refractivity contribution is -0.148. The first-order chi connectivity index (χ1) is 25.4. The first kappa shape index (κ1) is 42.9. The van der Waals surface area contributed by atoms with Gasteiger partial charge in [0.1, 0.15) is 17.3 Å². The first-order valence-corrected chi connectivity index (χ1v) is 20.2. The van der Waals surface area contributed by atoms with Crippen molar-refractivity contribution in [1.82, 2.24) is 0 Å². The molecule has 2 saturated carbocycles. The first-order valence-electron chi connectivity index (χ1n) is 20.2. The van der Waals surface area contributed by atoms with Crippen LogP contribution in [-0.2, 0) is 44.9 Å². The van der Waals surface area contributed by atoms with Gasteiger partial charge in [0.15, 0.2) is 0 Å². The van der Waals surface area contributed by atoms with Gasteiger partial charge in [-0.1, -0.05) is 56.0 Å². The number of aliphatic carboxylic acids is 4. The molecule has 2 aromatic carbocycles. The third-order valence-electron chi connectivity index (χ3n) is 12.5. The number of unbranched alkanes of at least 4 members (excludes halogenated alkanes) is 4. The molecule has 0 aromatic heterocycles. The van der Waals surface area contributed by atoms with E-state index >= 15 is 0 Å². The lowest BCUT2D eigenvalue weighted by Crippen LogP contribution is -2.23. The van der Waals surface area contributed by atoms with Crippen LogP contribution in [0.1, 0.15) is 152 Å². The van der Waals surface area contributed by atoms with Gasteiger partial charge in [-0.3, -0.25) is 19.2 Å². The maximum Gasteiger partial charge on any atom is 0.313 e. The Morgan fingerprint density at radius 3 is 1.67 bits per heavy atom. The van der Waals surface area contributed by atoms with E-state index in [0.29, 0.717) is 44.3 Å². The van der Waals surface area contributed by atoms with Gasteiger partial charge in [0, 0.05) is 6.42 Å². The van der Waals surface area contributed by atoms with Crippen LogP contribution in [0.4, 0.5) is 0 Å². The highest BCUT2D eigenvalue weighted by molar-refractivity contribution is 5.79. The summed E-state index contributed by atoms with van der Waals surface area (Å²) in [5, 5.41) is 39.0. The minimum atomic E-state index is -0.930. The highest BCUT2D eigenvalue weighted by atomic mass is 16.5. The van der Waals surface area contributed by atoms with Crippen molar-refractivity contribution in [2.75, 3.05) is 0 Å². The third-order valence-corrected chi connectivity index (χ3v) is 12.5. The zero-order valence-corrected chi connectivity index (χ0v) is 33.3. The fourth-order valence-electron chi connectivity index (χ4n) is 7.98. The number of carboxylic acid groups (broad SMARTS) is 4. The Bertz CT molecular complexity index is 1640. The van der Waals surface area contributed by atoms with E-state index < -0.39 is 51.6 Å². The van der Waals surface area contributed by atoms with E-state index in [1.807, 2.05) is 12.1 Å². The SMILES string of the molecule is Cc1cccc(CCCCC2(C(=O)O)CC2Oc2cccc(CCCCC3(C(=O)O)CC3)c2CCCCC(C)(C)C(=O)O)c1CCCCC(C)(C)C(=O)O. The lowest BCUT2D eigenvalue weighted by atomic mass is 9.86. The van der Waals surface area contributed by atoms with Crippen LogP contribution in [-0.4, -0.2) is 50.4 Å². The quantitative estimate of drug-likeness (QED) is 0.0687. The van der Waals surface area contributed by atoms with Gasteiger partial charge in [-0.15, -0.1) is 0 Å². The number of ether oxygens (including phenoxy) is 1. The van der Waals surface area contributed by atoms with E-state index in [2.05, 4.69) is 31.2 Å². The summed E-state index contributed by atoms with van der Waals surface area (Å²) in [7, 11) is 0. The smallest absolute Gasteiger partial charge is 0.313 e. The number of hydrogen-bond acceptors (Lipinski definition) is 5. The molecule has 0 heterocycles. The molecule has 0 radical (unpaired) electrons. The van der Waals surface area contributed by atoms with E-state index in [9.17, 15) is 39.6 Å². The molecular weight excluding hydrogens is 684 g/mol. The molecule has 2 unspecified atom stereocenters. The van der Waals surface area contributed by atoms with E-state index in [1.165, 1.54) is 16.7 Å². The second-order valence-corrected chi connectivity index (χ2v) is 17.7. The van der Waals surface area contributed by atoms with Crippen LogP contribution >= 0.6 is 0 Å². The molecule has 2 aromatic rings. The standard InChI is InChI=1S/C45H64O9/c1-31-16-14-19-32(34(31)21-8-10-24-42(2,3)38(46)47)17-7-13-27-45(41(52)53)30-37(45)54-36-23-15-20-33(18-6-12-26-44(28-29-44)40(50)51)35(36)22-9-11-25-43(4,5)39(48)49/h14-16,19-20,23,37H,6-13,17-18,21-22,24-30H2,1-5H3,(H,46,47)(H,48,49)(H,50,51)(H,52,53). The molecule has 0 aliphatic heterocycles. The second-order valence-electron chi connectivity index (χ2n) is 17.7. The van der Waals surface area contributed by atoms with Crippen LogP contribution in [0, 0.1) is 28.6 Å². The van der Waals surface area contributed by atoms with Gasteiger partial charge >= 0.3 is 23.9 Å². The molecule has 4 N–H and O–H groups in total. The fourth-order valence-corrected chi connectivity index (χ4v) is 7.98. The third kappa shape index (κ3) is 11.1. The van der Waals surface area contributed by atoms with Crippen LogP contribution < -0.4 is 4.74 Å². The molecule has 2 aliphatic rings. The predicted octanol–water partition coefficient (Wildman–Crippen LogP) is 9.85. The molecule has 298 valence electrons. The van der Waals surface area contributed by atoms with Crippen molar-refractivity contribution < 1.29 is 44.3 Å². The summed E-state index contributed by atoms with van der Waals surface area (Å²) in [5.74, 6) is -2.39. The van der Waals surface area contributed by atoms with Gasteiger partial charge in [-0.25, -0.2) is 0 Å². The Labute approximate surface area is 321 Å². The molecule has 0 amide bonds. The van der Waals surface area contributed by atoms with Gasteiger partial charge < -0.3 is 25.2 Å². The molecule has 54 heavy (non-hydrogen) atoms.